The summed E-state index contributed by atoms with van der Waals surface area (Å²) in [5, 5.41) is 5.75. The fraction of sp³-hybridized carbons (Fsp3) is 0.200. The molecule has 0 atom stereocenters. The van der Waals surface area contributed by atoms with Gasteiger partial charge >= 0.3 is 0 Å². The number of ether oxygens (including phenoxy) is 1. The molecular weight excluding hydrogens is 504 g/mol. The molecule has 0 saturated carbocycles. The van der Waals surface area contributed by atoms with Crippen LogP contribution in [0.25, 0.3) is 15.9 Å². The van der Waals surface area contributed by atoms with Gasteiger partial charge in [0.2, 0.25) is 0 Å². The lowest BCUT2D eigenvalue weighted by Gasteiger charge is -2.12. The smallest absolute Gasteiger partial charge is 0.267 e. The molecule has 2 aromatic carbocycles. The molecule has 2 heterocycles. The lowest BCUT2D eigenvalue weighted by atomic mass is 10.2. The van der Waals surface area contributed by atoms with E-state index in [1.807, 2.05) is 24.3 Å². The van der Waals surface area contributed by atoms with E-state index in [1.165, 1.54) is 22.9 Å². The summed E-state index contributed by atoms with van der Waals surface area (Å²) in [4.78, 5) is 32.9. The molecule has 4 aromatic rings. The van der Waals surface area contributed by atoms with Crippen molar-refractivity contribution < 1.29 is 9.53 Å². The number of halogens is 1. The van der Waals surface area contributed by atoms with Crippen molar-refractivity contribution in [2.24, 2.45) is 5.10 Å². The number of carbonyl (C=O) groups excluding carboxylic acids is 1. The van der Waals surface area contributed by atoms with E-state index in [-0.39, 0.29) is 17.2 Å². The van der Waals surface area contributed by atoms with Crippen LogP contribution in [0.1, 0.15) is 22.4 Å². The summed E-state index contributed by atoms with van der Waals surface area (Å²) < 4.78 is 6.85. The third-order valence-corrected chi connectivity index (χ3v) is 8.03. The van der Waals surface area contributed by atoms with Gasteiger partial charge in [-0.2, -0.15) is 5.10 Å². The number of aromatic nitrogens is 2. The lowest BCUT2D eigenvalue weighted by Crippen LogP contribution is -2.24. The summed E-state index contributed by atoms with van der Waals surface area (Å²) >= 11 is 8.84. The Kier molecular flexibility index (Phi) is 6.90. The molecular formula is C25H21ClN4O3S2. The largest absolute Gasteiger partial charge is 0.496 e. The van der Waals surface area contributed by atoms with Gasteiger partial charge in [-0.25, -0.2) is 10.4 Å². The topological polar surface area (TPSA) is 85.6 Å². The van der Waals surface area contributed by atoms with Crippen LogP contribution >= 0.6 is 34.7 Å². The molecule has 1 N–H and O–H groups in total. The summed E-state index contributed by atoms with van der Waals surface area (Å²) in [6, 6.07) is 14.4. The second kappa shape index (κ2) is 10.2. The molecule has 10 heteroatoms. The highest BCUT2D eigenvalue weighted by molar-refractivity contribution is 7.99. The zero-order valence-corrected chi connectivity index (χ0v) is 21.2. The van der Waals surface area contributed by atoms with Gasteiger partial charge in [-0.05, 0) is 61.2 Å². The SMILES string of the molecule is COc1ccccc1C=NNC(=O)CSc1nc2sc3c(c2c(=O)n1-c1ccc(Cl)cc1)CCC3. The Bertz CT molecular complexity index is 1500. The number of aryl methyl sites for hydroxylation is 2. The van der Waals surface area contributed by atoms with Crippen LogP contribution in [0.3, 0.4) is 0 Å². The van der Waals surface area contributed by atoms with E-state index in [4.69, 9.17) is 21.3 Å². The number of hydrazone groups is 1. The minimum atomic E-state index is -0.313. The Morgan fingerprint density at radius 1 is 1.26 bits per heavy atom. The second-order valence-electron chi connectivity index (χ2n) is 7.87. The van der Waals surface area contributed by atoms with E-state index in [0.717, 1.165) is 35.2 Å². The zero-order chi connectivity index (χ0) is 24.4. The van der Waals surface area contributed by atoms with Crippen LogP contribution in [0.2, 0.25) is 5.02 Å². The minimum absolute atomic E-state index is 0.0416. The maximum absolute atomic E-state index is 13.6. The molecule has 1 amide bonds. The first-order chi connectivity index (χ1) is 17.0. The number of thioether (sulfide) groups is 1. The zero-order valence-electron chi connectivity index (χ0n) is 18.8. The van der Waals surface area contributed by atoms with Crippen LogP contribution in [0, 0.1) is 0 Å². The highest BCUT2D eigenvalue weighted by Crippen LogP contribution is 2.36. The Balaban J connectivity index is 1.41. The number of methoxy groups -OCH3 is 1. The average Bonchev–Trinajstić information content (AvgIpc) is 3.45. The second-order valence-corrected chi connectivity index (χ2v) is 10.3. The van der Waals surface area contributed by atoms with Crippen molar-refractivity contribution in [2.45, 2.75) is 24.4 Å². The minimum Gasteiger partial charge on any atom is -0.496 e. The predicted molar refractivity (Wildman–Crippen MR) is 142 cm³/mol. The van der Waals surface area contributed by atoms with Gasteiger partial charge in [-0.15, -0.1) is 11.3 Å². The Labute approximate surface area is 214 Å². The third kappa shape index (κ3) is 4.84. The average molecular weight is 525 g/mol. The van der Waals surface area contributed by atoms with E-state index in [9.17, 15) is 9.59 Å². The molecule has 1 aliphatic rings. The van der Waals surface area contributed by atoms with Crippen molar-refractivity contribution >= 4 is 57.0 Å². The van der Waals surface area contributed by atoms with Gasteiger partial charge in [0.05, 0.1) is 30.2 Å². The maximum atomic E-state index is 13.6. The number of amides is 1. The van der Waals surface area contributed by atoms with Crippen LogP contribution < -0.4 is 15.7 Å². The molecule has 1 aliphatic carbocycles. The molecule has 2 aromatic heterocycles. The maximum Gasteiger partial charge on any atom is 0.267 e. The van der Waals surface area contributed by atoms with Gasteiger partial charge in [0.25, 0.3) is 11.5 Å². The normalized spacial score (nSPS) is 12.9. The molecule has 0 spiro atoms. The molecule has 35 heavy (non-hydrogen) atoms. The van der Waals surface area contributed by atoms with E-state index >= 15 is 0 Å². The number of fused-ring (bicyclic) bond motifs is 3. The van der Waals surface area contributed by atoms with Gasteiger partial charge in [0.15, 0.2) is 5.16 Å². The van der Waals surface area contributed by atoms with Crippen LogP contribution in [-0.4, -0.2) is 34.5 Å². The predicted octanol–water partition coefficient (Wildman–Crippen LogP) is 4.84. The summed E-state index contributed by atoms with van der Waals surface area (Å²) in [5.41, 5.74) is 4.93. The Hall–Kier alpha value is -3.14. The van der Waals surface area contributed by atoms with Crippen LogP contribution in [0.5, 0.6) is 5.75 Å². The molecule has 0 radical (unpaired) electrons. The Morgan fingerprint density at radius 3 is 2.86 bits per heavy atom. The van der Waals surface area contributed by atoms with Gasteiger partial charge in [-0.3, -0.25) is 14.2 Å². The standard InChI is InChI=1S/C25H21ClN4O3S2/c1-33-19-7-3-2-5-15(19)13-27-29-21(31)14-34-25-28-23-22(18-6-4-8-20(18)35-23)24(32)30(25)17-11-9-16(26)10-12-17/h2-3,5,7,9-13H,4,6,8,14H2,1H3,(H,29,31). The molecule has 5 rings (SSSR count). The summed E-state index contributed by atoms with van der Waals surface area (Å²) in [6.07, 6.45) is 4.46. The van der Waals surface area contributed by atoms with Crippen molar-refractivity contribution in [3.05, 3.63) is 79.9 Å². The van der Waals surface area contributed by atoms with E-state index in [0.29, 0.717) is 27.0 Å². The Morgan fingerprint density at radius 2 is 2.06 bits per heavy atom. The number of rotatable bonds is 7. The summed E-state index contributed by atoms with van der Waals surface area (Å²) in [7, 11) is 1.58. The number of nitrogens with one attached hydrogen (secondary N) is 1. The molecule has 0 unspecified atom stereocenters. The first kappa shape index (κ1) is 23.6. The van der Waals surface area contributed by atoms with E-state index < -0.39 is 0 Å². The molecule has 178 valence electrons. The van der Waals surface area contributed by atoms with Crippen molar-refractivity contribution in [3.8, 4) is 11.4 Å². The van der Waals surface area contributed by atoms with Crippen molar-refractivity contribution in [2.75, 3.05) is 12.9 Å². The number of nitrogens with zero attached hydrogens (tertiary/aromatic N) is 3. The molecule has 0 fully saturated rings. The van der Waals surface area contributed by atoms with Gasteiger partial charge in [0.1, 0.15) is 10.6 Å². The first-order valence-corrected chi connectivity index (χ1v) is 13.1. The monoisotopic (exact) mass is 524 g/mol. The number of hydrogen-bond donors (Lipinski definition) is 1. The highest BCUT2D eigenvalue weighted by Gasteiger charge is 2.24. The quantitative estimate of drug-likeness (QED) is 0.162. The van der Waals surface area contributed by atoms with Crippen molar-refractivity contribution in [3.63, 3.8) is 0 Å². The number of para-hydroxylation sites is 1. The molecule has 0 saturated heterocycles. The number of benzene rings is 2. The summed E-state index contributed by atoms with van der Waals surface area (Å²) in [5.74, 6) is 0.388. The van der Waals surface area contributed by atoms with Gasteiger partial charge in [-0.1, -0.05) is 35.5 Å². The first-order valence-electron chi connectivity index (χ1n) is 11.0. The number of hydrogen-bond acceptors (Lipinski definition) is 7. The number of carbonyl (C=O) groups is 1. The number of thiophene rings is 1. The lowest BCUT2D eigenvalue weighted by molar-refractivity contribution is -0.118. The molecule has 0 aliphatic heterocycles. The van der Waals surface area contributed by atoms with Gasteiger partial charge < -0.3 is 4.74 Å². The van der Waals surface area contributed by atoms with Crippen LogP contribution in [0.15, 0.2) is 63.6 Å². The van der Waals surface area contributed by atoms with E-state index in [1.54, 1.807) is 47.3 Å². The van der Waals surface area contributed by atoms with Crippen molar-refractivity contribution in [1.29, 1.82) is 0 Å². The van der Waals surface area contributed by atoms with Gasteiger partial charge in [0, 0.05) is 15.5 Å². The third-order valence-electron chi connectivity index (χ3n) is 5.66. The highest BCUT2D eigenvalue weighted by atomic mass is 35.5. The molecule has 7 nitrogen and oxygen atoms in total. The van der Waals surface area contributed by atoms with Crippen LogP contribution in [-0.2, 0) is 17.6 Å². The fourth-order valence-corrected chi connectivity index (χ4v) is 6.28. The van der Waals surface area contributed by atoms with E-state index in [2.05, 4.69) is 10.5 Å². The van der Waals surface area contributed by atoms with Crippen molar-refractivity contribution in [1.82, 2.24) is 15.0 Å². The molecule has 0 bridgehead atoms. The summed E-state index contributed by atoms with van der Waals surface area (Å²) in [6.45, 7) is 0. The fourth-order valence-electron chi connectivity index (χ4n) is 4.05. The van der Waals surface area contributed by atoms with Crippen LogP contribution in [0.4, 0.5) is 0 Å².